The Hall–Kier alpha value is -2.48. The molecule has 1 N–H and O–H groups in total. The number of unbranched alkanes of at least 4 members (excludes halogenated alkanes) is 1. The summed E-state index contributed by atoms with van der Waals surface area (Å²) in [6.07, 6.45) is 6.04. The van der Waals surface area contributed by atoms with Crippen molar-refractivity contribution in [2.24, 2.45) is 5.92 Å². The second kappa shape index (κ2) is 8.27. The lowest BCUT2D eigenvalue weighted by atomic mass is 9.99. The van der Waals surface area contributed by atoms with Crippen LogP contribution < -0.4 is 0 Å². The first-order valence-corrected chi connectivity index (χ1v) is 9.06. The lowest BCUT2D eigenvalue weighted by Gasteiger charge is -2.28. The van der Waals surface area contributed by atoms with Crippen LogP contribution in [0.5, 0.6) is 0 Å². The van der Waals surface area contributed by atoms with Crippen LogP contribution in [0.25, 0.3) is 11.2 Å². The molecule has 0 unspecified atom stereocenters. The van der Waals surface area contributed by atoms with Crippen molar-refractivity contribution in [2.75, 3.05) is 13.1 Å². The van der Waals surface area contributed by atoms with E-state index in [0.717, 1.165) is 25.7 Å². The molecule has 0 aliphatic carbocycles. The van der Waals surface area contributed by atoms with Crippen LogP contribution >= 0.6 is 0 Å². The van der Waals surface area contributed by atoms with Crippen LogP contribution in [0.1, 0.15) is 51.0 Å². The van der Waals surface area contributed by atoms with Crippen molar-refractivity contribution in [3.8, 4) is 0 Å². The number of likely N-dealkylation sites (tertiary alicyclic amines) is 1. The van der Waals surface area contributed by atoms with Crippen molar-refractivity contribution in [3.63, 3.8) is 0 Å². The van der Waals surface area contributed by atoms with E-state index in [0.29, 0.717) is 41.6 Å². The van der Waals surface area contributed by atoms with Gasteiger partial charge in [-0.25, -0.2) is 10.0 Å². The molecule has 8 heteroatoms. The Morgan fingerprint density at radius 3 is 3.15 bits per heavy atom. The second-order valence-corrected chi connectivity index (χ2v) is 6.63. The molecule has 8 nitrogen and oxygen atoms in total. The number of fused-ring (bicyclic) bond motifs is 1. The van der Waals surface area contributed by atoms with Crippen LogP contribution in [-0.4, -0.2) is 50.5 Å². The summed E-state index contributed by atoms with van der Waals surface area (Å²) in [5, 5.41) is 10.1. The molecule has 0 radical (unpaired) electrons. The SMILES string of the molecule is CCCC[C@@H](CN(O)C=O)C(=O)N1CCC[C@H]1c1nc2ncccc2o1. The largest absolute Gasteiger partial charge is 0.437 e. The summed E-state index contributed by atoms with van der Waals surface area (Å²) in [6.45, 7) is 2.66. The summed E-state index contributed by atoms with van der Waals surface area (Å²) in [4.78, 5) is 34.2. The highest BCUT2D eigenvalue weighted by Crippen LogP contribution is 2.34. The molecule has 140 valence electrons. The van der Waals surface area contributed by atoms with E-state index in [-0.39, 0.29) is 18.5 Å². The highest BCUT2D eigenvalue weighted by atomic mass is 16.5. The zero-order chi connectivity index (χ0) is 18.5. The summed E-state index contributed by atoms with van der Waals surface area (Å²) >= 11 is 0. The Morgan fingerprint density at radius 2 is 2.42 bits per heavy atom. The average Bonchev–Trinajstić information content (AvgIpc) is 3.30. The lowest BCUT2D eigenvalue weighted by molar-refractivity contribution is -0.157. The molecule has 3 heterocycles. The predicted octanol–water partition coefficient (Wildman–Crippen LogP) is 2.54. The monoisotopic (exact) mass is 360 g/mol. The topological polar surface area (TPSA) is 99.8 Å². The molecule has 2 amide bonds. The van der Waals surface area contributed by atoms with Gasteiger partial charge < -0.3 is 9.32 Å². The van der Waals surface area contributed by atoms with E-state index in [1.807, 2.05) is 6.92 Å². The smallest absolute Gasteiger partial charge is 0.233 e. The van der Waals surface area contributed by atoms with Crippen molar-refractivity contribution >= 4 is 23.5 Å². The summed E-state index contributed by atoms with van der Waals surface area (Å²) in [5.41, 5.74) is 1.14. The zero-order valence-electron chi connectivity index (χ0n) is 14.9. The number of hydroxylamine groups is 2. The van der Waals surface area contributed by atoms with E-state index in [4.69, 9.17) is 4.42 Å². The third kappa shape index (κ3) is 3.85. The normalized spacial score (nSPS) is 18.2. The minimum Gasteiger partial charge on any atom is -0.437 e. The number of carbonyl (C=O) groups excluding carboxylic acids is 2. The molecule has 1 aliphatic rings. The molecule has 2 aromatic heterocycles. The first-order valence-electron chi connectivity index (χ1n) is 9.06. The fourth-order valence-electron chi connectivity index (χ4n) is 3.46. The number of nitrogens with zero attached hydrogens (tertiary/aromatic N) is 4. The predicted molar refractivity (Wildman–Crippen MR) is 93.1 cm³/mol. The average molecular weight is 360 g/mol. The summed E-state index contributed by atoms with van der Waals surface area (Å²) in [7, 11) is 0. The molecule has 1 aliphatic heterocycles. The van der Waals surface area contributed by atoms with Crippen molar-refractivity contribution in [3.05, 3.63) is 24.2 Å². The number of aromatic nitrogens is 2. The summed E-state index contributed by atoms with van der Waals surface area (Å²) < 4.78 is 5.81. The molecule has 3 rings (SSSR count). The van der Waals surface area contributed by atoms with Gasteiger partial charge in [-0.1, -0.05) is 19.8 Å². The molecule has 0 aromatic carbocycles. The lowest BCUT2D eigenvalue weighted by Crippen LogP contribution is -2.40. The van der Waals surface area contributed by atoms with Gasteiger partial charge >= 0.3 is 0 Å². The first kappa shape index (κ1) is 18.3. The van der Waals surface area contributed by atoms with Crippen LogP contribution in [0.3, 0.4) is 0 Å². The van der Waals surface area contributed by atoms with Gasteiger partial charge in [0.25, 0.3) is 0 Å². The van der Waals surface area contributed by atoms with Crippen LogP contribution in [0.4, 0.5) is 0 Å². The van der Waals surface area contributed by atoms with Gasteiger partial charge in [0.05, 0.1) is 12.5 Å². The van der Waals surface area contributed by atoms with Gasteiger partial charge in [0.2, 0.25) is 18.2 Å². The van der Waals surface area contributed by atoms with Gasteiger partial charge in [-0.2, -0.15) is 4.98 Å². The second-order valence-electron chi connectivity index (χ2n) is 6.63. The number of pyridine rings is 1. The maximum atomic E-state index is 13.1. The first-order chi connectivity index (χ1) is 12.6. The fourth-order valence-corrected chi connectivity index (χ4v) is 3.46. The molecule has 26 heavy (non-hydrogen) atoms. The van der Waals surface area contributed by atoms with Gasteiger partial charge in [-0.05, 0) is 31.4 Å². The highest BCUT2D eigenvalue weighted by molar-refractivity contribution is 5.80. The van der Waals surface area contributed by atoms with Crippen molar-refractivity contribution < 1.29 is 19.2 Å². The van der Waals surface area contributed by atoms with E-state index >= 15 is 0 Å². The summed E-state index contributed by atoms with van der Waals surface area (Å²) in [5.74, 6) is -0.0136. The van der Waals surface area contributed by atoms with E-state index in [1.54, 1.807) is 23.2 Å². The van der Waals surface area contributed by atoms with Gasteiger partial charge in [-0.15, -0.1) is 0 Å². The number of rotatable bonds is 8. The molecule has 0 spiro atoms. The Kier molecular flexibility index (Phi) is 5.82. The van der Waals surface area contributed by atoms with Crippen LogP contribution in [0, 0.1) is 5.92 Å². The van der Waals surface area contributed by atoms with Crippen molar-refractivity contribution in [2.45, 2.75) is 45.1 Å². The van der Waals surface area contributed by atoms with Crippen LogP contribution in [0.2, 0.25) is 0 Å². The molecule has 0 saturated carbocycles. The third-order valence-corrected chi connectivity index (χ3v) is 4.79. The number of oxazole rings is 1. The molecular formula is C18H24N4O4. The molecular weight excluding hydrogens is 336 g/mol. The molecule has 1 saturated heterocycles. The number of carbonyl (C=O) groups is 2. The van der Waals surface area contributed by atoms with E-state index in [1.165, 1.54) is 0 Å². The quantitative estimate of drug-likeness (QED) is 0.441. The fraction of sp³-hybridized carbons (Fsp3) is 0.556. The zero-order valence-corrected chi connectivity index (χ0v) is 14.9. The Morgan fingerprint density at radius 1 is 1.58 bits per heavy atom. The third-order valence-electron chi connectivity index (χ3n) is 4.79. The van der Waals surface area contributed by atoms with E-state index < -0.39 is 5.92 Å². The minimum absolute atomic E-state index is 0.000662. The maximum Gasteiger partial charge on any atom is 0.233 e. The van der Waals surface area contributed by atoms with Gasteiger partial charge in [0.15, 0.2) is 11.2 Å². The number of hydrogen-bond donors (Lipinski definition) is 1. The van der Waals surface area contributed by atoms with Crippen molar-refractivity contribution in [1.29, 1.82) is 0 Å². The Labute approximate surface area is 151 Å². The maximum absolute atomic E-state index is 13.1. The van der Waals surface area contributed by atoms with Crippen LogP contribution in [-0.2, 0) is 9.59 Å². The van der Waals surface area contributed by atoms with Gasteiger partial charge in [-0.3, -0.25) is 14.8 Å². The molecule has 0 bridgehead atoms. The van der Waals surface area contributed by atoms with Gasteiger partial charge in [0.1, 0.15) is 6.04 Å². The van der Waals surface area contributed by atoms with Crippen molar-refractivity contribution in [1.82, 2.24) is 19.9 Å². The van der Waals surface area contributed by atoms with E-state index in [9.17, 15) is 14.8 Å². The minimum atomic E-state index is -0.437. The number of amides is 2. The standard InChI is InChI=1S/C18H24N4O4/c1-2-3-6-13(11-21(25)12-23)18(24)22-10-5-7-14(22)17-20-16-15(26-17)8-4-9-19-16/h4,8-9,12-14,25H,2-3,5-7,10-11H2,1H3/t13-,14-/m0/s1. The molecule has 2 atom stereocenters. The van der Waals surface area contributed by atoms with Gasteiger partial charge in [0, 0.05) is 12.7 Å². The summed E-state index contributed by atoms with van der Waals surface area (Å²) in [6, 6.07) is 3.35. The van der Waals surface area contributed by atoms with E-state index in [2.05, 4.69) is 9.97 Å². The molecule has 2 aromatic rings. The Balaban J connectivity index is 1.80. The number of hydrogen-bond acceptors (Lipinski definition) is 6. The van der Waals surface area contributed by atoms with Crippen LogP contribution in [0.15, 0.2) is 22.7 Å². The highest BCUT2D eigenvalue weighted by Gasteiger charge is 2.37. The Bertz CT molecular complexity index is 729. The molecule has 1 fully saturated rings.